The van der Waals surface area contributed by atoms with Crippen LogP contribution in [0.25, 0.3) is 28.0 Å². The molecule has 1 atom stereocenters. The highest BCUT2D eigenvalue weighted by Gasteiger charge is 2.27. The largest absolute Gasteiger partial charge is 0.496 e. The van der Waals surface area contributed by atoms with Crippen LogP contribution in [-0.4, -0.2) is 57.4 Å². The number of hydrogen-bond donors (Lipinski definition) is 1. The first-order valence-electron chi connectivity index (χ1n) is 9.65. The van der Waals surface area contributed by atoms with Crippen LogP contribution in [0.1, 0.15) is 10.4 Å². The Bertz CT molecular complexity index is 1290. The van der Waals surface area contributed by atoms with Crippen molar-refractivity contribution < 1.29 is 27.4 Å². The Morgan fingerprint density at radius 1 is 1.09 bits per heavy atom. The van der Waals surface area contributed by atoms with Crippen LogP contribution in [0.5, 0.6) is 11.5 Å². The second-order valence-electron chi connectivity index (χ2n) is 7.03. The van der Waals surface area contributed by atoms with E-state index in [4.69, 9.17) is 9.47 Å². The summed E-state index contributed by atoms with van der Waals surface area (Å²) in [5, 5.41) is 9.63. The molecule has 172 valence electrons. The van der Waals surface area contributed by atoms with Gasteiger partial charge in [0.15, 0.2) is 0 Å². The van der Waals surface area contributed by atoms with Crippen molar-refractivity contribution in [1.29, 1.82) is 0 Å². The van der Waals surface area contributed by atoms with Gasteiger partial charge in [0, 0.05) is 24.7 Å². The van der Waals surface area contributed by atoms with Crippen molar-refractivity contribution >= 4 is 16.9 Å². The predicted molar refractivity (Wildman–Crippen MR) is 113 cm³/mol. The molecule has 1 unspecified atom stereocenters. The zero-order chi connectivity index (χ0) is 23.7. The number of carbonyl (C=O) groups is 1. The molecule has 1 N–H and O–H groups in total. The first kappa shape index (κ1) is 22.1. The molecule has 12 heteroatoms. The summed E-state index contributed by atoms with van der Waals surface area (Å²) in [5.74, 6) is -1.06. The second-order valence-corrected chi connectivity index (χ2v) is 7.03. The van der Waals surface area contributed by atoms with E-state index in [1.54, 1.807) is 34.1 Å². The molecule has 0 bridgehead atoms. The number of nitrogens with one attached hydrogen (secondary N) is 1. The zero-order valence-corrected chi connectivity index (χ0v) is 17.8. The summed E-state index contributed by atoms with van der Waals surface area (Å²) >= 11 is 0. The lowest BCUT2D eigenvalue weighted by Crippen LogP contribution is -2.36. The van der Waals surface area contributed by atoms with Crippen molar-refractivity contribution in [2.45, 2.75) is 12.7 Å². The Labute approximate surface area is 185 Å². The maximum atomic E-state index is 13.4. The molecular weight excluding hydrogens is 441 g/mol. The first-order chi connectivity index (χ1) is 15.8. The standard InChI is InChI=1S/C21H19F3N6O3/c1-29-9-14(27-28-29)11-4-5-15-13(6-11)25-10-30(15)12-7-16(32-2)18(17(8-12)33-3)21(31)26-20(24)19(22)23/h4-10,19-20H,1-3H3,(H,26,31). The number of ether oxygens (including phenoxy) is 2. The molecule has 0 spiro atoms. The molecular formula is C21H19F3N6O3. The van der Waals surface area contributed by atoms with Crippen molar-refractivity contribution in [3.05, 3.63) is 48.4 Å². The van der Waals surface area contributed by atoms with Crippen molar-refractivity contribution in [3.63, 3.8) is 0 Å². The van der Waals surface area contributed by atoms with E-state index in [-0.39, 0.29) is 17.1 Å². The van der Waals surface area contributed by atoms with Crippen molar-refractivity contribution in [1.82, 2.24) is 29.9 Å². The molecule has 0 fully saturated rings. The second kappa shape index (κ2) is 8.81. The third-order valence-corrected chi connectivity index (χ3v) is 4.93. The van der Waals surface area contributed by atoms with E-state index < -0.39 is 18.6 Å². The van der Waals surface area contributed by atoms with E-state index in [0.29, 0.717) is 16.9 Å². The quantitative estimate of drug-likeness (QED) is 0.426. The number of methoxy groups -OCH3 is 2. The van der Waals surface area contributed by atoms with Crippen LogP contribution in [0.3, 0.4) is 0 Å². The monoisotopic (exact) mass is 460 g/mol. The fourth-order valence-electron chi connectivity index (χ4n) is 3.38. The molecule has 2 aromatic heterocycles. The number of aryl methyl sites for hydroxylation is 1. The Hall–Kier alpha value is -4.09. The number of halogens is 3. The zero-order valence-electron chi connectivity index (χ0n) is 17.8. The van der Waals surface area contributed by atoms with Gasteiger partial charge in [-0.1, -0.05) is 11.3 Å². The van der Waals surface area contributed by atoms with Gasteiger partial charge < -0.3 is 14.8 Å². The van der Waals surface area contributed by atoms with Gasteiger partial charge in [-0.3, -0.25) is 14.0 Å². The van der Waals surface area contributed by atoms with Crippen LogP contribution in [-0.2, 0) is 7.05 Å². The molecule has 4 rings (SSSR count). The number of alkyl halides is 3. The van der Waals surface area contributed by atoms with E-state index in [1.807, 2.05) is 18.2 Å². The van der Waals surface area contributed by atoms with Gasteiger partial charge in [0.05, 0.1) is 37.1 Å². The van der Waals surface area contributed by atoms with Crippen molar-refractivity contribution in [2.75, 3.05) is 14.2 Å². The van der Waals surface area contributed by atoms with Gasteiger partial charge in [-0.25, -0.2) is 18.2 Å². The lowest BCUT2D eigenvalue weighted by molar-refractivity contribution is 0.0285. The maximum absolute atomic E-state index is 13.4. The number of carbonyl (C=O) groups excluding carboxylic acids is 1. The molecule has 0 aliphatic heterocycles. The molecule has 9 nitrogen and oxygen atoms in total. The van der Waals surface area contributed by atoms with E-state index >= 15 is 0 Å². The van der Waals surface area contributed by atoms with E-state index in [1.165, 1.54) is 26.4 Å². The molecule has 0 aliphatic rings. The Morgan fingerprint density at radius 3 is 2.36 bits per heavy atom. The molecule has 2 aromatic carbocycles. The molecule has 33 heavy (non-hydrogen) atoms. The fourth-order valence-corrected chi connectivity index (χ4v) is 3.38. The Morgan fingerprint density at radius 2 is 1.79 bits per heavy atom. The smallest absolute Gasteiger partial charge is 0.287 e. The van der Waals surface area contributed by atoms with E-state index in [0.717, 1.165) is 11.1 Å². The van der Waals surface area contributed by atoms with Crippen LogP contribution >= 0.6 is 0 Å². The minimum absolute atomic E-state index is 0.0151. The van der Waals surface area contributed by atoms with Crippen LogP contribution in [0.15, 0.2) is 42.9 Å². The minimum Gasteiger partial charge on any atom is -0.496 e. The average molecular weight is 460 g/mol. The number of amides is 1. The van der Waals surface area contributed by atoms with Gasteiger partial charge in [-0.05, 0) is 12.1 Å². The van der Waals surface area contributed by atoms with Gasteiger partial charge in [0.25, 0.3) is 12.3 Å². The van der Waals surface area contributed by atoms with Crippen LogP contribution in [0.4, 0.5) is 13.2 Å². The Balaban J connectivity index is 1.75. The summed E-state index contributed by atoms with van der Waals surface area (Å²) in [6.45, 7) is 0. The SMILES string of the molecule is COc1cc(-n2cnc3cc(-c4cn(C)nn4)ccc32)cc(OC)c1C(=O)NC(F)C(F)F. The summed E-state index contributed by atoms with van der Waals surface area (Å²) in [4.78, 5) is 16.9. The number of benzene rings is 2. The minimum atomic E-state index is -3.37. The number of fused-ring (bicyclic) bond motifs is 1. The van der Waals surface area contributed by atoms with E-state index in [9.17, 15) is 18.0 Å². The van der Waals surface area contributed by atoms with Crippen LogP contribution < -0.4 is 14.8 Å². The highest BCUT2D eigenvalue weighted by molar-refractivity contribution is 6.00. The van der Waals surface area contributed by atoms with Gasteiger partial charge in [0.2, 0.25) is 6.30 Å². The number of nitrogens with zero attached hydrogens (tertiary/aromatic N) is 5. The molecule has 1 amide bonds. The predicted octanol–water partition coefficient (Wildman–Crippen LogP) is 3.13. The van der Waals surface area contributed by atoms with Gasteiger partial charge in [-0.15, -0.1) is 5.10 Å². The number of hydrogen-bond acceptors (Lipinski definition) is 6. The first-order valence-corrected chi connectivity index (χ1v) is 9.65. The highest BCUT2D eigenvalue weighted by Crippen LogP contribution is 2.34. The van der Waals surface area contributed by atoms with Crippen LogP contribution in [0.2, 0.25) is 0 Å². The molecule has 0 aliphatic carbocycles. The van der Waals surface area contributed by atoms with Gasteiger partial charge in [-0.2, -0.15) is 0 Å². The van der Waals surface area contributed by atoms with Gasteiger partial charge in [0.1, 0.15) is 29.1 Å². The normalized spacial score (nSPS) is 12.2. The third-order valence-electron chi connectivity index (χ3n) is 4.93. The molecule has 2 heterocycles. The van der Waals surface area contributed by atoms with Crippen molar-refractivity contribution in [3.8, 4) is 28.4 Å². The Kier molecular flexibility index (Phi) is 5.90. The summed E-state index contributed by atoms with van der Waals surface area (Å²) in [6.07, 6.45) is -2.83. The molecule has 0 radical (unpaired) electrons. The summed E-state index contributed by atoms with van der Waals surface area (Å²) < 4.78 is 52.3. The average Bonchev–Trinajstić information content (AvgIpc) is 3.43. The maximum Gasteiger partial charge on any atom is 0.287 e. The number of rotatable bonds is 7. The summed E-state index contributed by atoms with van der Waals surface area (Å²) in [6, 6.07) is 8.59. The van der Waals surface area contributed by atoms with Crippen LogP contribution in [0, 0.1) is 0 Å². The fraction of sp³-hybridized carbons (Fsp3) is 0.238. The lowest BCUT2D eigenvalue weighted by Gasteiger charge is -2.17. The lowest BCUT2D eigenvalue weighted by atomic mass is 10.1. The summed E-state index contributed by atoms with van der Waals surface area (Å²) in [7, 11) is 4.37. The van der Waals surface area contributed by atoms with E-state index in [2.05, 4.69) is 15.3 Å². The van der Waals surface area contributed by atoms with Crippen molar-refractivity contribution in [2.24, 2.45) is 7.05 Å². The third kappa shape index (κ3) is 4.19. The molecule has 0 saturated heterocycles. The molecule has 4 aromatic rings. The number of aromatic nitrogens is 5. The topological polar surface area (TPSA) is 96.1 Å². The summed E-state index contributed by atoms with van der Waals surface area (Å²) in [5.41, 5.74) is 3.27. The highest BCUT2D eigenvalue weighted by atomic mass is 19.3. The van der Waals surface area contributed by atoms with Gasteiger partial charge >= 0.3 is 0 Å². The number of imidazole rings is 1. The molecule has 0 saturated carbocycles.